The number of amides is 1. The van der Waals surface area contributed by atoms with Crippen LogP contribution in [0.3, 0.4) is 0 Å². The molecule has 1 aliphatic rings. The minimum absolute atomic E-state index is 0.0467. The van der Waals surface area contributed by atoms with Gasteiger partial charge in [0.25, 0.3) is 0 Å². The van der Waals surface area contributed by atoms with Crippen LogP contribution >= 0.6 is 0 Å². The highest BCUT2D eigenvalue weighted by Gasteiger charge is 2.21. The van der Waals surface area contributed by atoms with Crippen LogP contribution in [0.5, 0.6) is 0 Å². The van der Waals surface area contributed by atoms with Gasteiger partial charge < -0.3 is 10.6 Å². The molecule has 0 spiro atoms. The van der Waals surface area contributed by atoms with Gasteiger partial charge in [0.2, 0.25) is 5.91 Å². The first-order chi connectivity index (χ1) is 7.65. The Morgan fingerprint density at radius 1 is 1.50 bits per heavy atom. The van der Waals surface area contributed by atoms with Crippen LogP contribution in [0.1, 0.15) is 39.0 Å². The zero-order valence-corrected chi connectivity index (χ0v) is 10.3. The molecule has 0 aromatic heterocycles. The van der Waals surface area contributed by atoms with Crippen LogP contribution in [0, 0.1) is 5.92 Å². The van der Waals surface area contributed by atoms with Gasteiger partial charge in [-0.3, -0.25) is 4.79 Å². The number of hydrogen-bond acceptors (Lipinski definition) is 2. The summed E-state index contributed by atoms with van der Waals surface area (Å²) < 4.78 is 0. The number of rotatable bonds is 5. The molecule has 2 N–H and O–H groups in total. The van der Waals surface area contributed by atoms with Gasteiger partial charge in [0, 0.05) is 13.1 Å². The van der Waals surface area contributed by atoms with E-state index in [0.717, 1.165) is 6.54 Å². The van der Waals surface area contributed by atoms with E-state index in [9.17, 15) is 4.79 Å². The number of nitrogens with zero attached hydrogens (tertiary/aromatic N) is 1. The average molecular weight is 224 g/mol. The standard InChI is InChI=1S/C13H24N2O/c1-3-9-15(13(16)11(2)14)10-12-7-5-4-6-8-12/h3,11-12H,1,4-10,14H2,2H3. The van der Waals surface area contributed by atoms with Crippen LogP contribution in [-0.4, -0.2) is 29.9 Å². The van der Waals surface area contributed by atoms with Gasteiger partial charge in [-0.25, -0.2) is 0 Å². The topological polar surface area (TPSA) is 46.3 Å². The maximum absolute atomic E-state index is 11.9. The van der Waals surface area contributed by atoms with Crippen molar-refractivity contribution in [3.8, 4) is 0 Å². The van der Waals surface area contributed by atoms with Gasteiger partial charge in [-0.2, -0.15) is 0 Å². The maximum Gasteiger partial charge on any atom is 0.239 e. The Labute approximate surface area is 98.7 Å². The van der Waals surface area contributed by atoms with Crippen LogP contribution in [0.25, 0.3) is 0 Å². The van der Waals surface area contributed by atoms with Crippen LogP contribution < -0.4 is 5.73 Å². The van der Waals surface area contributed by atoms with E-state index in [2.05, 4.69) is 6.58 Å². The Hall–Kier alpha value is -0.830. The fourth-order valence-electron chi connectivity index (χ4n) is 2.38. The lowest BCUT2D eigenvalue weighted by Crippen LogP contribution is -2.44. The van der Waals surface area contributed by atoms with Gasteiger partial charge >= 0.3 is 0 Å². The van der Waals surface area contributed by atoms with Crippen molar-refractivity contribution in [3.63, 3.8) is 0 Å². The second-order valence-electron chi connectivity index (χ2n) is 4.82. The molecular formula is C13H24N2O. The first kappa shape index (κ1) is 13.2. The third-order valence-corrected chi connectivity index (χ3v) is 3.25. The molecule has 0 radical (unpaired) electrons. The molecule has 0 heterocycles. The minimum Gasteiger partial charge on any atom is -0.337 e. The smallest absolute Gasteiger partial charge is 0.239 e. The Morgan fingerprint density at radius 2 is 2.12 bits per heavy atom. The minimum atomic E-state index is -0.399. The highest BCUT2D eigenvalue weighted by molar-refractivity contribution is 5.81. The van der Waals surface area contributed by atoms with Crippen LogP contribution in [0.15, 0.2) is 12.7 Å². The van der Waals surface area contributed by atoms with E-state index in [1.807, 2.05) is 4.90 Å². The molecule has 1 fully saturated rings. The molecule has 1 unspecified atom stereocenters. The van der Waals surface area contributed by atoms with Crippen molar-refractivity contribution >= 4 is 5.91 Å². The molecular weight excluding hydrogens is 200 g/mol. The molecule has 1 rings (SSSR count). The predicted molar refractivity (Wildman–Crippen MR) is 67.0 cm³/mol. The van der Waals surface area contributed by atoms with Crippen LogP contribution in [-0.2, 0) is 4.79 Å². The van der Waals surface area contributed by atoms with Crippen molar-refractivity contribution in [2.24, 2.45) is 11.7 Å². The highest BCUT2D eigenvalue weighted by atomic mass is 16.2. The van der Waals surface area contributed by atoms with Gasteiger partial charge in [-0.1, -0.05) is 25.3 Å². The molecule has 0 bridgehead atoms. The molecule has 0 aromatic carbocycles. The van der Waals surface area contributed by atoms with Crippen molar-refractivity contribution in [3.05, 3.63) is 12.7 Å². The van der Waals surface area contributed by atoms with E-state index in [0.29, 0.717) is 12.5 Å². The monoisotopic (exact) mass is 224 g/mol. The average Bonchev–Trinajstić information content (AvgIpc) is 2.29. The summed E-state index contributed by atoms with van der Waals surface area (Å²) in [6.07, 6.45) is 8.24. The Balaban J connectivity index is 2.48. The Morgan fingerprint density at radius 3 is 2.62 bits per heavy atom. The number of carbonyl (C=O) groups is 1. The van der Waals surface area contributed by atoms with E-state index in [1.54, 1.807) is 13.0 Å². The summed E-state index contributed by atoms with van der Waals surface area (Å²) in [6, 6.07) is -0.399. The van der Waals surface area contributed by atoms with E-state index >= 15 is 0 Å². The summed E-state index contributed by atoms with van der Waals surface area (Å²) in [4.78, 5) is 13.7. The molecule has 3 heteroatoms. The zero-order valence-electron chi connectivity index (χ0n) is 10.3. The lowest BCUT2D eigenvalue weighted by atomic mass is 9.89. The zero-order chi connectivity index (χ0) is 12.0. The molecule has 1 atom stereocenters. The Kier molecular flexibility index (Phi) is 5.53. The van der Waals surface area contributed by atoms with E-state index < -0.39 is 6.04 Å². The largest absolute Gasteiger partial charge is 0.337 e. The van der Waals surface area contributed by atoms with Crippen molar-refractivity contribution in [1.82, 2.24) is 4.90 Å². The molecule has 92 valence electrons. The van der Waals surface area contributed by atoms with Crippen molar-refractivity contribution in [2.45, 2.75) is 45.1 Å². The SMILES string of the molecule is C=CCN(CC1CCCCC1)C(=O)C(C)N. The van der Waals surface area contributed by atoms with Gasteiger partial charge in [-0.05, 0) is 25.7 Å². The summed E-state index contributed by atoms with van der Waals surface area (Å²) in [5.41, 5.74) is 5.65. The normalized spacial score (nSPS) is 19.1. The molecule has 16 heavy (non-hydrogen) atoms. The molecule has 1 amide bonds. The molecule has 0 aliphatic heterocycles. The second kappa shape index (κ2) is 6.69. The molecule has 1 aliphatic carbocycles. The van der Waals surface area contributed by atoms with E-state index in [1.165, 1.54) is 32.1 Å². The maximum atomic E-state index is 11.9. The molecule has 0 aromatic rings. The first-order valence-corrected chi connectivity index (χ1v) is 6.30. The fraction of sp³-hybridized carbons (Fsp3) is 0.769. The molecule has 3 nitrogen and oxygen atoms in total. The lowest BCUT2D eigenvalue weighted by molar-refractivity contribution is -0.132. The van der Waals surface area contributed by atoms with Gasteiger partial charge in [-0.15, -0.1) is 6.58 Å². The van der Waals surface area contributed by atoms with E-state index in [4.69, 9.17) is 5.73 Å². The summed E-state index contributed by atoms with van der Waals surface area (Å²) in [6.45, 7) is 6.93. The molecule has 0 saturated heterocycles. The van der Waals surface area contributed by atoms with Gasteiger partial charge in [0.1, 0.15) is 0 Å². The number of nitrogens with two attached hydrogens (primary N) is 1. The summed E-state index contributed by atoms with van der Waals surface area (Å²) >= 11 is 0. The van der Waals surface area contributed by atoms with Crippen molar-refractivity contribution in [1.29, 1.82) is 0 Å². The van der Waals surface area contributed by atoms with Crippen molar-refractivity contribution < 1.29 is 4.79 Å². The summed E-state index contributed by atoms with van der Waals surface area (Å²) in [5, 5.41) is 0. The fourth-order valence-corrected chi connectivity index (χ4v) is 2.38. The first-order valence-electron chi connectivity index (χ1n) is 6.30. The number of hydrogen-bond donors (Lipinski definition) is 1. The predicted octanol–water partition coefficient (Wildman–Crippen LogP) is 1.93. The van der Waals surface area contributed by atoms with Crippen LogP contribution in [0.2, 0.25) is 0 Å². The Bertz CT molecular complexity index is 232. The summed E-state index contributed by atoms with van der Waals surface area (Å²) in [5.74, 6) is 0.710. The number of carbonyl (C=O) groups excluding carboxylic acids is 1. The van der Waals surface area contributed by atoms with Crippen molar-refractivity contribution in [2.75, 3.05) is 13.1 Å². The third kappa shape index (κ3) is 3.97. The van der Waals surface area contributed by atoms with E-state index in [-0.39, 0.29) is 5.91 Å². The second-order valence-corrected chi connectivity index (χ2v) is 4.82. The van der Waals surface area contributed by atoms with Gasteiger partial charge in [0.15, 0.2) is 0 Å². The van der Waals surface area contributed by atoms with Crippen LogP contribution in [0.4, 0.5) is 0 Å². The quantitative estimate of drug-likeness (QED) is 0.725. The summed E-state index contributed by atoms with van der Waals surface area (Å²) in [7, 11) is 0. The highest BCUT2D eigenvalue weighted by Crippen LogP contribution is 2.24. The van der Waals surface area contributed by atoms with Gasteiger partial charge in [0.05, 0.1) is 6.04 Å². The third-order valence-electron chi connectivity index (χ3n) is 3.25. The lowest BCUT2D eigenvalue weighted by Gasteiger charge is -2.30. The molecule has 1 saturated carbocycles.